The minimum absolute atomic E-state index is 0.0775. The van der Waals surface area contributed by atoms with Gasteiger partial charge in [0.25, 0.3) is 5.56 Å². The van der Waals surface area contributed by atoms with Crippen LogP contribution in [0, 0.1) is 0 Å². The van der Waals surface area contributed by atoms with Gasteiger partial charge in [-0.3, -0.25) is 4.79 Å². The quantitative estimate of drug-likeness (QED) is 0.625. The standard InChI is InChI=1S/C12H12F3NO3/c1-3-6-16-7-5-8(11(18)19-4-2)9(10(16)17)12(13,14)15/h3,5,7H,1,4,6H2,2H3. The van der Waals surface area contributed by atoms with Crippen LogP contribution in [0.4, 0.5) is 13.2 Å². The van der Waals surface area contributed by atoms with Crippen molar-refractivity contribution >= 4 is 5.97 Å². The average Bonchev–Trinajstić information content (AvgIpc) is 2.30. The van der Waals surface area contributed by atoms with E-state index in [1.165, 1.54) is 13.0 Å². The van der Waals surface area contributed by atoms with E-state index in [1.807, 2.05) is 0 Å². The SMILES string of the molecule is C=CCn1ccc(C(=O)OCC)c(C(F)(F)F)c1=O. The van der Waals surface area contributed by atoms with Crippen LogP contribution in [-0.2, 0) is 17.5 Å². The number of carbonyl (C=O) groups excluding carboxylic acids is 1. The van der Waals surface area contributed by atoms with Crippen LogP contribution < -0.4 is 5.56 Å². The molecule has 19 heavy (non-hydrogen) atoms. The highest BCUT2D eigenvalue weighted by atomic mass is 19.4. The maximum atomic E-state index is 12.9. The highest BCUT2D eigenvalue weighted by molar-refractivity contribution is 5.91. The Morgan fingerprint density at radius 2 is 2.16 bits per heavy atom. The van der Waals surface area contributed by atoms with Gasteiger partial charge in [0.05, 0.1) is 12.2 Å². The van der Waals surface area contributed by atoms with Gasteiger partial charge < -0.3 is 9.30 Å². The molecule has 0 atom stereocenters. The van der Waals surface area contributed by atoms with Crippen molar-refractivity contribution in [2.45, 2.75) is 19.6 Å². The number of aromatic nitrogens is 1. The van der Waals surface area contributed by atoms with E-state index in [1.54, 1.807) is 0 Å². The third-order valence-electron chi connectivity index (χ3n) is 2.27. The number of allylic oxidation sites excluding steroid dienone is 1. The number of alkyl halides is 3. The summed E-state index contributed by atoms with van der Waals surface area (Å²) in [5.74, 6) is -1.17. The monoisotopic (exact) mass is 275 g/mol. The van der Waals surface area contributed by atoms with E-state index < -0.39 is 28.8 Å². The first-order valence-corrected chi connectivity index (χ1v) is 5.41. The molecular formula is C12H12F3NO3. The molecule has 1 aromatic rings. The summed E-state index contributed by atoms with van der Waals surface area (Å²) < 4.78 is 44.0. The Hall–Kier alpha value is -2.05. The lowest BCUT2D eigenvalue weighted by Gasteiger charge is -2.13. The minimum Gasteiger partial charge on any atom is -0.462 e. The van der Waals surface area contributed by atoms with Crippen molar-refractivity contribution in [3.63, 3.8) is 0 Å². The van der Waals surface area contributed by atoms with Gasteiger partial charge in [0.1, 0.15) is 5.56 Å². The van der Waals surface area contributed by atoms with Crippen molar-refractivity contribution in [2.75, 3.05) is 6.61 Å². The lowest BCUT2D eigenvalue weighted by molar-refractivity contribution is -0.139. The number of hydrogen-bond donors (Lipinski definition) is 0. The van der Waals surface area contributed by atoms with Crippen LogP contribution in [0.2, 0.25) is 0 Å². The lowest BCUT2D eigenvalue weighted by atomic mass is 10.1. The van der Waals surface area contributed by atoms with Crippen molar-refractivity contribution in [3.8, 4) is 0 Å². The van der Waals surface area contributed by atoms with Crippen LogP contribution in [0.1, 0.15) is 22.8 Å². The predicted molar refractivity (Wildman–Crippen MR) is 61.9 cm³/mol. The van der Waals surface area contributed by atoms with Gasteiger partial charge in [-0.1, -0.05) is 6.08 Å². The summed E-state index contributed by atoms with van der Waals surface area (Å²) in [6, 6.07) is 0.922. The second kappa shape index (κ2) is 5.73. The molecule has 0 saturated heterocycles. The fourth-order valence-corrected chi connectivity index (χ4v) is 1.51. The third kappa shape index (κ3) is 3.24. The number of nitrogens with zero attached hydrogens (tertiary/aromatic N) is 1. The van der Waals surface area contributed by atoms with Crippen molar-refractivity contribution in [1.82, 2.24) is 4.57 Å². The molecule has 104 valence electrons. The third-order valence-corrected chi connectivity index (χ3v) is 2.27. The number of rotatable bonds is 4. The van der Waals surface area contributed by atoms with Gasteiger partial charge in [0.2, 0.25) is 0 Å². The molecule has 0 unspecified atom stereocenters. The first-order chi connectivity index (χ1) is 8.82. The average molecular weight is 275 g/mol. The Balaban J connectivity index is 3.49. The van der Waals surface area contributed by atoms with Gasteiger partial charge in [-0.15, -0.1) is 6.58 Å². The molecule has 0 fully saturated rings. The van der Waals surface area contributed by atoms with Crippen LogP contribution in [-0.4, -0.2) is 17.1 Å². The van der Waals surface area contributed by atoms with E-state index in [2.05, 4.69) is 11.3 Å². The van der Waals surface area contributed by atoms with Crippen LogP contribution in [0.25, 0.3) is 0 Å². The Bertz CT molecular complexity index is 546. The molecule has 0 aromatic carbocycles. The Morgan fingerprint density at radius 3 is 2.63 bits per heavy atom. The molecule has 0 radical (unpaired) electrons. The number of hydrogen-bond acceptors (Lipinski definition) is 3. The molecule has 0 aliphatic carbocycles. The van der Waals surface area contributed by atoms with Crippen molar-refractivity contribution in [3.05, 3.63) is 46.4 Å². The Morgan fingerprint density at radius 1 is 1.53 bits per heavy atom. The van der Waals surface area contributed by atoms with E-state index in [0.29, 0.717) is 0 Å². The van der Waals surface area contributed by atoms with Gasteiger partial charge in [0, 0.05) is 12.7 Å². The second-order valence-corrected chi connectivity index (χ2v) is 3.57. The summed E-state index contributed by atoms with van der Waals surface area (Å²) in [5, 5.41) is 0. The summed E-state index contributed by atoms with van der Waals surface area (Å²) in [6.45, 7) is 4.65. The van der Waals surface area contributed by atoms with Crippen molar-refractivity contribution in [2.24, 2.45) is 0 Å². The maximum Gasteiger partial charge on any atom is 0.422 e. The normalized spacial score (nSPS) is 11.2. The number of carbonyl (C=O) groups is 1. The number of esters is 1. The predicted octanol–water partition coefficient (Wildman–Crippen LogP) is 2.23. The first-order valence-electron chi connectivity index (χ1n) is 5.41. The smallest absolute Gasteiger partial charge is 0.422 e. The molecule has 0 spiro atoms. The number of halogens is 3. The molecular weight excluding hydrogens is 263 g/mol. The van der Waals surface area contributed by atoms with Crippen LogP contribution in [0.5, 0.6) is 0 Å². The fourth-order valence-electron chi connectivity index (χ4n) is 1.51. The van der Waals surface area contributed by atoms with E-state index in [4.69, 9.17) is 0 Å². The molecule has 1 aromatic heterocycles. The molecule has 0 aliphatic heterocycles. The molecule has 0 N–H and O–H groups in total. The molecule has 1 rings (SSSR count). The van der Waals surface area contributed by atoms with Crippen LogP contribution in [0.15, 0.2) is 29.7 Å². The van der Waals surface area contributed by atoms with Crippen LogP contribution >= 0.6 is 0 Å². The van der Waals surface area contributed by atoms with Crippen molar-refractivity contribution in [1.29, 1.82) is 0 Å². The molecule has 0 aliphatic rings. The molecule has 0 amide bonds. The zero-order chi connectivity index (χ0) is 14.6. The minimum atomic E-state index is -4.93. The zero-order valence-electron chi connectivity index (χ0n) is 10.2. The Labute approximate surface area is 107 Å². The Kier molecular flexibility index (Phi) is 4.52. The summed E-state index contributed by atoms with van der Waals surface area (Å²) in [7, 11) is 0. The van der Waals surface area contributed by atoms with Gasteiger partial charge in [-0.25, -0.2) is 4.79 Å². The zero-order valence-corrected chi connectivity index (χ0v) is 10.2. The summed E-state index contributed by atoms with van der Waals surface area (Å²) in [5.41, 5.74) is -3.59. The highest BCUT2D eigenvalue weighted by Crippen LogP contribution is 2.29. The molecule has 0 saturated carbocycles. The van der Waals surface area contributed by atoms with E-state index in [0.717, 1.165) is 16.8 Å². The number of pyridine rings is 1. The maximum absolute atomic E-state index is 12.9. The summed E-state index contributed by atoms with van der Waals surface area (Å²) >= 11 is 0. The van der Waals surface area contributed by atoms with Gasteiger partial charge >= 0.3 is 12.1 Å². The lowest BCUT2D eigenvalue weighted by Crippen LogP contribution is -2.31. The molecule has 4 nitrogen and oxygen atoms in total. The molecule has 0 bridgehead atoms. The highest BCUT2D eigenvalue weighted by Gasteiger charge is 2.39. The molecule has 7 heteroatoms. The summed E-state index contributed by atoms with van der Waals surface area (Å²) in [6.07, 6.45) is -2.54. The largest absolute Gasteiger partial charge is 0.462 e. The first kappa shape index (κ1) is 15.0. The van der Waals surface area contributed by atoms with Crippen molar-refractivity contribution < 1.29 is 22.7 Å². The van der Waals surface area contributed by atoms with E-state index in [9.17, 15) is 22.8 Å². The topological polar surface area (TPSA) is 48.3 Å². The van der Waals surface area contributed by atoms with Gasteiger partial charge in [0.15, 0.2) is 0 Å². The van der Waals surface area contributed by atoms with Gasteiger partial charge in [-0.2, -0.15) is 13.2 Å². The fraction of sp³-hybridized carbons (Fsp3) is 0.333. The van der Waals surface area contributed by atoms with Crippen LogP contribution in [0.3, 0.4) is 0 Å². The van der Waals surface area contributed by atoms with E-state index in [-0.39, 0.29) is 13.2 Å². The number of ether oxygens (including phenoxy) is 1. The summed E-state index contributed by atoms with van der Waals surface area (Å²) in [4.78, 5) is 23.2. The second-order valence-electron chi connectivity index (χ2n) is 3.57. The van der Waals surface area contributed by atoms with Gasteiger partial charge in [-0.05, 0) is 13.0 Å². The molecule has 1 heterocycles. The van der Waals surface area contributed by atoms with E-state index >= 15 is 0 Å².